The van der Waals surface area contributed by atoms with Crippen LogP contribution in [0, 0.1) is 3.57 Å². The minimum absolute atomic E-state index is 0.490. The van der Waals surface area contributed by atoms with Gasteiger partial charge in [-0.2, -0.15) is 0 Å². The number of nitrogens with zero attached hydrogens (tertiary/aromatic N) is 1. The first-order chi connectivity index (χ1) is 11.3. The second kappa shape index (κ2) is 8.90. The third-order valence-electron chi connectivity index (χ3n) is 4.96. The Labute approximate surface area is 153 Å². The van der Waals surface area contributed by atoms with Crippen LogP contribution in [0.4, 0.5) is 5.69 Å². The standard InChI is InChI=1S/C19H28IN3/c20-17-13-7-8-14-18(17)23-19(21-15-9-3-1-4-10-15)22-16-11-5-2-6-12-16/h7-8,13-16H,1-6,9-12H2,(H2,21,22,23). The molecule has 4 heteroatoms. The van der Waals surface area contributed by atoms with Gasteiger partial charge < -0.3 is 10.6 Å². The van der Waals surface area contributed by atoms with E-state index in [2.05, 4.69) is 57.5 Å². The van der Waals surface area contributed by atoms with Crippen molar-refractivity contribution >= 4 is 34.2 Å². The zero-order valence-electron chi connectivity index (χ0n) is 13.9. The molecule has 0 aromatic heterocycles. The third kappa shape index (κ3) is 5.37. The van der Waals surface area contributed by atoms with Crippen molar-refractivity contribution in [2.24, 2.45) is 4.99 Å². The average Bonchev–Trinajstić information content (AvgIpc) is 2.59. The molecule has 3 rings (SSSR count). The molecule has 0 aliphatic heterocycles. The number of halogens is 1. The van der Waals surface area contributed by atoms with Crippen molar-refractivity contribution in [2.45, 2.75) is 76.3 Å². The Hall–Kier alpha value is -0.780. The maximum Gasteiger partial charge on any atom is 0.196 e. The highest BCUT2D eigenvalue weighted by Crippen LogP contribution is 2.22. The fraction of sp³-hybridized carbons (Fsp3) is 0.632. The summed E-state index contributed by atoms with van der Waals surface area (Å²) in [5, 5.41) is 7.29. The number of para-hydroxylation sites is 1. The van der Waals surface area contributed by atoms with Gasteiger partial charge in [0, 0.05) is 9.61 Å². The minimum Gasteiger partial charge on any atom is -0.353 e. The van der Waals surface area contributed by atoms with Gasteiger partial charge in [-0.3, -0.25) is 0 Å². The van der Waals surface area contributed by atoms with E-state index in [0.717, 1.165) is 11.6 Å². The van der Waals surface area contributed by atoms with Crippen LogP contribution in [0.5, 0.6) is 0 Å². The number of nitrogens with one attached hydrogen (secondary N) is 2. The number of aliphatic imine (C=N–C) groups is 1. The molecular weight excluding hydrogens is 397 g/mol. The van der Waals surface area contributed by atoms with Crippen molar-refractivity contribution in [3.05, 3.63) is 27.8 Å². The highest BCUT2D eigenvalue weighted by Gasteiger charge is 2.18. The second-order valence-electron chi connectivity index (χ2n) is 6.85. The quantitative estimate of drug-likeness (QED) is 0.391. The van der Waals surface area contributed by atoms with Crippen molar-refractivity contribution in [1.82, 2.24) is 5.32 Å². The molecule has 2 aliphatic carbocycles. The largest absolute Gasteiger partial charge is 0.353 e. The summed E-state index contributed by atoms with van der Waals surface area (Å²) in [6.45, 7) is 0. The summed E-state index contributed by atoms with van der Waals surface area (Å²) in [5.74, 6) is 0.993. The lowest BCUT2D eigenvalue weighted by atomic mass is 9.95. The molecule has 2 N–H and O–H groups in total. The molecule has 3 nitrogen and oxygen atoms in total. The molecule has 23 heavy (non-hydrogen) atoms. The summed E-state index contributed by atoms with van der Waals surface area (Å²) < 4.78 is 1.24. The van der Waals surface area contributed by atoms with Gasteiger partial charge in [0.25, 0.3) is 0 Å². The number of guanidine groups is 1. The van der Waals surface area contributed by atoms with E-state index in [9.17, 15) is 0 Å². The van der Waals surface area contributed by atoms with E-state index >= 15 is 0 Å². The van der Waals surface area contributed by atoms with Gasteiger partial charge in [-0.15, -0.1) is 0 Å². The molecule has 0 saturated heterocycles. The van der Waals surface area contributed by atoms with Gasteiger partial charge in [0.2, 0.25) is 0 Å². The monoisotopic (exact) mass is 425 g/mol. The van der Waals surface area contributed by atoms with Crippen LogP contribution in [0.1, 0.15) is 64.2 Å². The molecular formula is C19H28IN3. The summed E-state index contributed by atoms with van der Waals surface area (Å²) in [7, 11) is 0. The Morgan fingerprint density at radius 1 is 0.913 bits per heavy atom. The number of hydrogen-bond donors (Lipinski definition) is 2. The number of hydrogen-bond acceptors (Lipinski definition) is 1. The predicted molar refractivity (Wildman–Crippen MR) is 107 cm³/mol. The molecule has 0 heterocycles. The lowest BCUT2D eigenvalue weighted by molar-refractivity contribution is 0.408. The van der Waals surface area contributed by atoms with Gasteiger partial charge in [0.05, 0.1) is 11.7 Å². The third-order valence-corrected chi connectivity index (χ3v) is 5.90. The molecule has 0 unspecified atom stereocenters. The van der Waals surface area contributed by atoms with Crippen molar-refractivity contribution < 1.29 is 0 Å². The Balaban J connectivity index is 1.71. The van der Waals surface area contributed by atoms with Crippen LogP contribution in [-0.2, 0) is 0 Å². The zero-order valence-corrected chi connectivity index (χ0v) is 16.0. The first-order valence-electron chi connectivity index (χ1n) is 9.17. The van der Waals surface area contributed by atoms with Crippen LogP contribution < -0.4 is 10.6 Å². The summed E-state index contributed by atoms with van der Waals surface area (Å²) >= 11 is 2.39. The summed E-state index contributed by atoms with van der Waals surface area (Å²) in [5.41, 5.74) is 1.16. The molecule has 0 radical (unpaired) electrons. The maximum atomic E-state index is 5.06. The zero-order chi connectivity index (χ0) is 15.9. The molecule has 0 atom stereocenters. The van der Waals surface area contributed by atoms with E-state index in [1.807, 2.05) is 0 Å². The molecule has 1 aromatic carbocycles. The van der Waals surface area contributed by atoms with Gasteiger partial charge in [0.1, 0.15) is 0 Å². The van der Waals surface area contributed by atoms with Crippen LogP contribution in [0.2, 0.25) is 0 Å². The Bertz CT molecular complexity index is 517. The van der Waals surface area contributed by atoms with Crippen molar-refractivity contribution in [1.29, 1.82) is 0 Å². The Morgan fingerprint density at radius 2 is 1.57 bits per heavy atom. The topological polar surface area (TPSA) is 36.4 Å². The maximum absolute atomic E-state index is 5.06. The SMILES string of the molecule is Ic1ccccc1NC(=NC1CCCCC1)NC1CCCCC1. The predicted octanol–water partition coefficient (Wildman–Crippen LogP) is 5.31. The normalized spacial score (nSPS) is 21.2. The molecule has 0 spiro atoms. The van der Waals surface area contributed by atoms with Gasteiger partial charge in [-0.1, -0.05) is 50.7 Å². The lowest BCUT2D eigenvalue weighted by Gasteiger charge is -2.27. The fourth-order valence-corrected chi connectivity index (χ4v) is 4.15. The van der Waals surface area contributed by atoms with E-state index < -0.39 is 0 Å². The first kappa shape index (κ1) is 17.1. The molecule has 2 aliphatic rings. The fourth-order valence-electron chi connectivity index (χ4n) is 3.63. The molecule has 1 aromatic rings. The Morgan fingerprint density at radius 3 is 2.26 bits per heavy atom. The lowest BCUT2D eigenvalue weighted by Crippen LogP contribution is -2.41. The summed E-state index contributed by atoms with van der Waals surface area (Å²) in [6, 6.07) is 9.52. The highest BCUT2D eigenvalue weighted by atomic mass is 127. The summed E-state index contributed by atoms with van der Waals surface area (Å²) in [6.07, 6.45) is 13.1. The van der Waals surface area contributed by atoms with Crippen LogP contribution in [-0.4, -0.2) is 18.0 Å². The number of benzene rings is 1. The van der Waals surface area contributed by atoms with Gasteiger partial charge in [0.15, 0.2) is 5.96 Å². The van der Waals surface area contributed by atoms with Crippen LogP contribution in [0.3, 0.4) is 0 Å². The minimum atomic E-state index is 0.490. The van der Waals surface area contributed by atoms with Crippen molar-refractivity contribution in [2.75, 3.05) is 5.32 Å². The molecule has 0 amide bonds. The van der Waals surface area contributed by atoms with Gasteiger partial charge >= 0.3 is 0 Å². The van der Waals surface area contributed by atoms with Crippen molar-refractivity contribution in [3.8, 4) is 0 Å². The number of rotatable bonds is 3. The van der Waals surface area contributed by atoms with Gasteiger partial charge in [-0.05, 0) is 60.4 Å². The molecule has 0 bridgehead atoms. The second-order valence-corrected chi connectivity index (χ2v) is 8.02. The van der Waals surface area contributed by atoms with E-state index in [1.165, 1.54) is 67.8 Å². The van der Waals surface area contributed by atoms with Crippen molar-refractivity contribution in [3.63, 3.8) is 0 Å². The van der Waals surface area contributed by atoms with E-state index in [1.54, 1.807) is 0 Å². The average molecular weight is 425 g/mol. The highest BCUT2D eigenvalue weighted by molar-refractivity contribution is 14.1. The van der Waals surface area contributed by atoms with E-state index in [-0.39, 0.29) is 0 Å². The van der Waals surface area contributed by atoms with Crippen LogP contribution >= 0.6 is 22.6 Å². The number of anilines is 1. The Kier molecular flexibility index (Phi) is 6.60. The van der Waals surface area contributed by atoms with Gasteiger partial charge in [-0.25, -0.2) is 4.99 Å². The van der Waals surface area contributed by atoms with E-state index in [0.29, 0.717) is 12.1 Å². The van der Waals surface area contributed by atoms with Crippen LogP contribution in [0.15, 0.2) is 29.3 Å². The van der Waals surface area contributed by atoms with E-state index in [4.69, 9.17) is 4.99 Å². The molecule has 2 saturated carbocycles. The molecule has 126 valence electrons. The summed E-state index contributed by atoms with van der Waals surface area (Å²) in [4.78, 5) is 5.06. The van der Waals surface area contributed by atoms with Crippen LogP contribution in [0.25, 0.3) is 0 Å². The molecule has 2 fully saturated rings. The smallest absolute Gasteiger partial charge is 0.196 e. The first-order valence-corrected chi connectivity index (χ1v) is 10.2.